The molecule has 1 unspecified atom stereocenters. The van der Waals surface area contributed by atoms with E-state index in [1.807, 2.05) is 12.4 Å². The average Bonchev–Trinajstić information content (AvgIpc) is 2.47. The van der Waals surface area contributed by atoms with Gasteiger partial charge in [-0.05, 0) is 19.4 Å². The molecule has 1 aromatic heterocycles. The van der Waals surface area contributed by atoms with Crippen LogP contribution in [0, 0.1) is 0 Å². The first-order valence-corrected chi connectivity index (χ1v) is 6.87. The topological polar surface area (TPSA) is 58.3 Å². The largest absolute Gasteiger partial charge is 0.338 e. The number of fused-ring (bicyclic) bond motifs is 1. The molecule has 0 spiro atoms. The van der Waals surface area contributed by atoms with Crippen molar-refractivity contribution in [3.8, 4) is 0 Å². The molecule has 18 heavy (non-hydrogen) atoms. The number of hydrogen-bond donors (Lipinski definition) is 1. The van der Waals surface area contributed by atoms with Crippen LogP contribution in [0.2, 0.25) is 0 Å². The quantitative estimate of drug-likeness (QED) is 0.830. The summed E-state index contributed by atoms with van der Waals surface area (Å²) in [4.78, 5) is 13.8. The Morgan fingerprint density at radius 1 is 1.17 bits per heavy atom. The molecular formula is C13H21N5. The van der Waals surface area contributed by atoms with Crippen molar-refractivity contribution in [1.82, 2.24) is 14.9 Å². The average molecular weight is 247 g/mol. The monoisotopic (exact) mass is 247 g/mol. The van der Waals surface area contributed by atoms with Crippen LogP contribution in [0.3, 0.4) is 0 Å². The molecule has 2 N–H and O–H groups in total. The van der Waals surface area contributed by atoms with Gasteiger partial charge in [0.1, 0.15) is 0 Å². The second-order valence-corrected chi connectivity index (χ2v) is 5.23. The van der Waals surface area contributed by atoms with E-state index in [0.29, 0.717) is 12.6 Å². The van der Waals surface area contributed by atoms with E-state index < -0.39 is 0 Å². The van der Waals surface area contributed by atoms with Gasteiger partial charge in [-0.3, -0.25) is 4.90 Å². The van der Waals surface area contributed by atoms with Crippen LogP contribution in [-0.2, 0) is 6.54 Å². The fourth-order valence-electron chi connectivity index (χ4n) is 2.95. The van der Waals surface area contributed by atoms with Gasteiger partial charge < -0.3 is 10.6 Å². The Balaban J connectivity index is 1.69. The fraction of sp³-hybridized carbons (Fsp3) is 0.692. The maximum atomic E-state index is 5.57. The van der Waals surface area contributed by atoms with E-state index >= 15 is 0 Å². The molecule has 2 saturated heterocycles. The minimum Gasteiger partial charge on any atom is -0.338 e. The molecule has 0 saturated carbocycles. The zero-order chi connectivity index (χ0) is 12.4. The summed E-state index contributed by atoms with van der Waals surface area (Å²) in [5.74, 6) is 0.859. The van der Waals surface area contributed by atoms with Gasteiger partial charge >= 0.3 is 0 Å². The van der Waals surface area contributed by atoms with E-state index in [1.54, 1.807) is 0 Å². The van der Waals surface area contributed by atoms with Crippen molar-refractivity contribution in [2.24, 2.45) is 5.73 Å². The number of rotatable bonds is 2. The second kappa shape index (κ2) is 5.20. The van der Waals surface area contributed by atoms with Gasteiger partial charge in [-0.2, -0.15) is 0 Å². The number of aromatic nitrogens is 2. The van der Waals surface area contributed by atoms with Crippen LogP contribution in [0.25, 0.3) is 0 Å². The van der Waals surface area contributed by atoms with Crippen LogP contribution in [0.1, 0.15) is 24.8 Å². The summed E-state index contributed by atoms with van der Waals surface area (Å²) in [7, 11) is 0. The number of nitrogens with zero attached hydrogens (tertiary/aromatic N) is 4. The molecule has 0 aromatic carbocycles. The van der Waals surface area contributed by atoms with Crippen molar-refractivity contribution < 1.29 is 0 Å². The SMILES string of the molecule is NCc1cnc(N2CCN3CCCCC3C2)nc1. The minimum absolute atomic E-state index is 0.511. The van der Waals surface area contributed by atoms with Crippen molar-refractivity contribution >= 4 is 5.95 Å². The van der Waals surface area contributed by atoms with Crippen LogP contribution in [0.5, 0.6) is 0 Å². The summed E-state index contributed by atoms with van der Waals surface area (Å²) < 4.78 is 0. The first-order chi connectivity index (χ1) is 8.86. The highest BCUT2D eigenvalue weighted by atomic mass is 15.3. The van der Waals surface area contributed by atoms with Gasteiger partial charge in [0.05, 0.1) is 0 Å². The Kier molecular flexibility index (Phi) is 3.43. The molecule has 98 valence electrons. The Morgan fingerprint density at radius 3 is 2.78 bits per heavy atom. The molecule has 5 heteroatoms. The summed E-state index contributed by atoms with van der Waals surface area (Å²) in [6.07, 6.45) is 7.72. The van der Waals surface area contributed by atoms with Crippen molar-refractivity contribution in [1.29, 1.82) is 0 Å². The standard InChI is InChI=1S/C13H21N5/c14-7-11-8-15-13(16-9-11)18-6-5-17-4-2-1-3-12(17)10-18/h8-9,12H,1-7,10,14H2. The second-order valence-electron chi connectivity index (χ2n) is 5.23. The Hall–Kier alpha value is -1.20. The zero-order valence-corrected chi connectivity index (χ0v) is 10.8. The molecular weight excluding hydrogens is 226 g/mol. The molecule has 1 aromatic rings. The van der Waals surface area contributed by atoms with Crippen molar-refractivity contribution in [2.45, 2.75) is 31.8 Å². The van der Waals surface area contributed by atoms with Crippen LogP contribution in [-0.4, -0.2) is 47.1 Å². The van der Waals surface area contributed by atoms with Gasteiger partial charge in [0.2, 0.25) is 5.95 Å². The summed E-state index contributed by atoms with van der Waals surface area (Å²) in [5, 5.41) is 0. The lowest BCUT2D eigenvalue weighted by molar-refractivity contribution is 0.133. The fourth-order valence-corrected chi connectivity index (χ4v) is 2.95. The summed E-state index contributed by atoms with van der Waals surface area (Å²) in [6.45, 7) is 5.04. The van der Waals surface area contributed by atoms with Crippen LogP contribution in [0.15, 0.2) is 12.4 Å². The molecule has 2 aliphatic rings. The normalized spacial score (nSPS) is 24.9. The summed E-state index contributed by atoms with van der Waals surface area (Å²) in [5.41, 5.74) is 6.56. The van der Waals surface area contributed by atoms with E-state index in [4.69, 9.17) is 5.73 Å². The third kappa shape index (κ3) is 2.33. The van der Waals surface area contributed by atoms with Gasteiger partial charge in [0.25, 0.3) is 0 Å². The van der Waals surface area contributed by atoms with E-state index in [2.05, 4.69) is 19.8 Å². The predicted molar refractivity (Wildman–Crippen MR) is 71.3 cm³/mol. The van der Waals surface area contributed by atoms with Crippen LogP contribution in [0.4, 0.5) is 5.95 Å². The Labute approximate surface area is 108 Å². The number of anilines is 1. The van der Waals surface area contributed by atoms with Gasteiger partial charge in [0, 0.05) is 50.2 Å². The number of hydrogen-bond acceptors (Lipinski definition) is 5. The van der Waals surface area contributed by atoms with Crippen LogP contribution >= 0.6 is 0 Å². The molecule has 5 nitrogen and oxygen atoms in total. The summed E-state index contributed by atoms with van der Waals surface area (Å²) >= 11 is 0. The molecule has 3 heterocycles. The molecule has 2 fully saturated rings. The van der Waals surface area contributed by atoms with Gasteiger partial charge in [-0.15, -0.1) is 0 Å². The van der Waals surface area contributed by atoms with Gasteiger partial charge in [-0.1, -0.05) is 6.42 Å². The van der Waals surface area contributed by atoms with E-state index in [-0.39, 0.29) is 0 Å². The number of piperazine rings is 1. The van der Waals surface area contributed by atoms with Crippen molar-refractivity contribution in [3.63, 3.8) is 0 Å². The molecule has 0 aliphatic carbocycles. The molecule has 1 atom stereocenters. The Bertz CT molecular complexity index is 391. The van der Waals surface area contributed by atoms with Gasteiger partial charge in [-0.25, -0.2) is 9.97 Å². The van der Waals surface area contributed by atoms with E-state index in [0.717, 1.165) is 31.1 Å². The molecule has 3 rings (SSSR count). The zero-order valence-electron chi connectivity index (χ0n) is 10.8. The lowest BCUT2D eigenvalue weighted by Gasteiger charge is -2.44. The maximum Gasteiger partial charge on any atom is 0.225 e. The number of nitrogens with two attached hydrogens (primary N) is 1. The van der Waals surface area contributed by atoms with Crippen molar-refractivity contribution in [2.75, 3.05) is 31.1 Å². The van der Waals surface area contributed by atoms with Crippen molar-refractivity contribution in [3.05, 3.63) is 18.0 Å². The lowest BCUT2D eigenvalue weighted by Crippen LogP contribution is -2.55. The third-order valence-corrected chi connectivity index (χ3v) is 4.05. The molecule has 0 radical (unpaired) electrons. The van der Waals surface area contributed by atoms with Gasteiger partial charge in [0.15, 0.2) is 0 Å². The van der Waals surface area contributed by atoms with Crippen LogP contribution < -0.4 is 10.6 Å². The smallest absolute Gasteiger partial charge is 0.225 e. The minimum atomic E-state index is 0.511. The predicted octanol–water partition coefficient (Wildman–Crippen LogP) is 0.610. The highest BCUT2D eigenvalue weighted by Crippen LogP contribution is 2.22. The Morgan fingerprint density at radius 2 is 2.00 bits per heavy atom. The highest BCUT2D eigenvalue weighted by Gasteiger charge is 2.29. The van der Waals surface area contributed by atoms with E-state index in [1.165, 1.54) is 25.8 Å². The highest BCUT2D eigenvalue weighted by molar-refractivity contribution is 5.31. The first-order valence-electron chi connectivity index (χ1n) is 6.87. The summed E-state index contributed by atoms with van der Waals surface area (Å²) in [6, 6.07) is 0.699. The maximum absolute atomic E-state index is 5.57. The molecule has 0 amide bonds. The number of piperidine rings is 1. The molecule has 2 aliphatic heterocycles. The lowest BCUT2D eigenvalue weighted by atomic mass is 10.00. The third-order valence-electron chi connectivity index (χ3n) is 4.05. The van der Waals surface area contributed by atoms with E-state index in [9.17, 15) is 0 Å². The first kappa shape index (κ1) is 11.9. The molecule has 0 bridgehead atoms.